The van der Waals surface area contributed by atoms with E-state index in [9.17, 15) is 4.79 Å². The number of carbonyl (C=O) groups is 1. The molecule has 1 aromatic carbocycles. The molecule has 4 nitrogen and oxygen atoms in total. The Hall–Kier alpha value is -1.11. The van der Waals surface area contributed by atoms with E-state index in [4.69, 9.17) is 10.5 Å². The molecule has 112 valence electrons. The number of ether oxygens (including phenoxy) is 1. The van der Waals surface area contributed by atoms with Gasteiger partial charge in [0.05, 0.1) is 11.8 Å². The molecule has 3 N–H and O–H groups in total. The largest absolute Gasteiger partial charge is 0.397 e. The molecule has 2 aromatic rings. The molecule has 1 heterocycles. The minimum absolute atomic E-state index is 0.0789. The van der Waals surface area contributed by atoms with Crippen LogP contribution < -0.4 is 11.1 Å². The third-order valence-corrected chi connectivity index (χ3v) is 5.39. The van der Waals surface area contributed by atoms with E-state index in [0.717, 1.165) is 34.0 Å². The van der Waals surface area contributed by atoms with Crippen molar-refractivity contribution in [2.24, 2.45) is 0 Å². The first-order valence-corrected chi connectivity index (χ1v) is 8.59. The number of nitrogens with two attached hydrogens (primary N) is 1. The molecule has 1 aromatic heterocycles. The zero-order chi connectivity index (χ0) is 15.0. The van der Waals surface area contributed by atoms with Crippen LogP contribution in [0.5, 0.6) is 0 Å². The lowest BCUT2D eigenvalue weighted by Gasteiger charge is -2.35. The Morgan fingerprint density at radius 3 is 3.00 bits per heavy atom. The third kappa shape index (κ3) is 2.93. The zero-order valence-electron chi connectivity index (χ0n) is 11.7. The number of amides is 1. The lowest BCUT2D eigenvalue weighted by Crippen LogP contribution is -2.47. The molecule has 0 unspecified atom stereocenters. The molecule has 1 aliphatic carbocycles. The van der Waals surface area contributed by atoms with Gasteiger partial charge in [-0.05, 0) is 31.9 Å². The van der Waals surface area contributed by atoms with Crippen LogP contribution in [0.15, 0.2) is 22.7 Å². The summed E-state index contributed by atoms with van der Waals surface area (Å²) in [5.74, 6) is -0.0789. The topological polar surface area (TPSA) is 64.3 Å². The van der Waals surface area contributed by atoms with Gasteiger partial charge in [0.25, 0.3) is 5.91 Å². The number of hydrogen-bond donors (Lipinski definition) is 2. The van der Waals surface area contributed by atoms with Crippen LogP contribution in [0, 0.1) is 0 Å². The molecule has 6 heteroatoms. The fourth-order valence-corrected chi connectivity index (χ4v) is 4.14. The van der Waals surface area contributed by atoms with E-state index < -0.39 is 0 Å². The van der Waals surface area contributed by atoms with Gasteiger partial charge >= 0.3 is 0 Å². The number of halogens is 1. The monoisotopic (exact) mass is 368 g/mol. The average Bonchev–Trinajstić information content (AvgIpc) is 2.73. The standard InChI is InChI=1S/C15H17BrN2O2S/c1-2-20-10-6-9(7-10)18-15(19)14-13(17)11-4-3-8(16)5-12(11)21-14/h3-5,9-10H,2,6-7,17H2,1H3,(H,18,19). The highest BCUT2D eigenvalue weighted by Gasteiger charge is 2.31. The molecule has 0 saturated heterocycles. The van der Waals surface area contributed by atoms with Crippen LogP contribution >= 0.6 is 27.3 Å². The Bertz CT molecular complexity index is 680. The summed E-state index contributed by atoms with van der Waals surface area (Å²) < 4.78 is 7.51. The van der Waals surface area contributed by atoms with Crippen molar-refractivity contribution in [2.45, 2.75) is 31.9 Å². The van der Waals surface area contributed by atoms with Gasteiger partial charge in [-0.3, -0.25) is 4.79 Å². The van der Waals surface area contributed by atoms with Crippen LogP contribution in [0.3, 0.4) is 0 Å². The van der Waals surface area contributed by atoms with Gasteiger partial charge in [0.1, 0.15) is 4.88 Å². The van der Waals surface area contributed by atoms with Crippen molar-refractivity contribution < 1.29 is 9.53 Å². The number of carbonyl (C=O) groups excluding carboxylic acids is 1. The first-order valence-electron chi connectivity index (χ1n) is 6.98. The van der Waals surface area contributed by atoms with Gasteiger partial charge in [-0.2, -0.15) is 0 Å². The van der Waals surface area contributed by atoms with E-state index in [1.165, 1.54) is 11.3 Å². The Labute approximate surface area is 135 Å². The summed E-state index contributed by atoms with van der Waals surface area (Å²) in [4.78, 5) is 13.0. The summed E-state index contributed by atoms with van der Waals surface area (Å²) in [5, 5.41) is 3.98. The molecule has 0 atom stereocenters. The Morgan fingerprint density at radius 1 is 1.52 bits per heavy atom. The minimum atomic E-state index is -0.0789. The van der Waals surface area contributed by atoms with Gasteiger partial charge in [0.15, 0.2) is 0 Å². The van der Waals surface area contributed by atoms with Crippen LogP contribution in [-0.2, 0) is 4.74 Å². The Balaban J connectivity index is 1.72. The number of fused-ring (bicyclic) bond motifs is 1. The highest BCUT2D eigenvalue weighted by atomic mass is 79.9. The molecule has 1 aliphatic rings. The zero-order valence-corrected chi connectivity index (χ0v) is 14.1. The van der Waals surface area contributed by atoms with Gasteiger partial charge < -0.3 is 15.8 Å². The molecule has 1 saturated carbocycles. The Morgan fingerprint density at radius 2 is 2.29 bits per heavy atom. The summed E-state index contributed by atoms with van der Waals surface area (Å²) in [6.45, 7) is 2.71. The molecule has 0 bridgehead atoms. The van der Waals surface area contributed by atoms with Crippen molar-refractivity contribution in [1.29, 1.82) is 0 Å². The van der Waals surface area contributed by atoms with Gasteiger partial charge in [0.2, 0.25) is 0 Å². The third-order valence-electron chi connectivity index (χ3n) is 3.73. The van der Waals surface area contributed by atoms with Crippen molar-refractivity contribution in [3.8, 4) is 0 Å². The van der Waals surface area contributed by atoms with Crippen LogP contribution in [0.2, 0.25) is 0 Å². The normalized spacial score (nSPS) is 21.2. The maximum Gasteiger partial charge on any atom is 0.263 e. The van der Waals surface area contributed by atoms with Crippen LogP contribution in [0.1, 0.15) is 29.4 Å². The van der Waals surface area contributed by atoms with Crippen molar-refractivity contribution in [1.82, 2.24) is 5.32 Å². The second-order valence-corrected chi connectivity index (χ2v) is 7.17. The number of benzene rings is 1. The summed E-state index contributed by atoms with van der Waals surface area (Å²) in [5.41, 5.74) is 6.68. The summed E-state index contributed by atoms with van der Waals surface area (Å²) in [6.07, 6.45) is 2.06. The van der Waals surface area contributed by atoms with E-state index in [0.29, 0.717) is 10.6 Å². The summed E-state index contributed by atoms with van der Waals surface area (Å²) in [6, 6.07) is 6.06. The quantitative estimate of drug-likeness (QED) is 0.867. The molecule has 21 heavy (non-hydrogen) atoms. The van der Waals surface area contributed by atoms with Crippen molar-refractivity contribution in [2.75, 3.05) is 12.3 Å². The highest BCUT2D eigenvalue weighted by Crippen LogP contribution is 2.35. The second kappa shape index (κ2) is 5.94. The lowest BCUT2D eigenvalue weighted by molar-refractivity contribution is -0.00858. The van der Waals surface area contributed by atoms with E-state index in [1.807, 2.05) is 25.1 Å². The number of nitrogens with one attached hydrogen (secondary N) is 1. The SMILES string of the molecule is CCOC1CC(NC(=O)c2sc3cc(Br)ccc3c2N)C1. The van der Waals surface area contributed by atoms with Gasteiger partial charge in [-0.25, -0.2) is 0 Å². The molecule has 1 amide bonds. The fourth-order valence-electron chi connectivity index (χ4n) is 2.57. The minimum Gasteiger partial charge on any atom is -0.397 e. The van der Waals surface area contributed by atoms with E-state index in [-0.39, 0.29) is 18.1 Å². The number of anilines is 1. The van der Waals surface area contributed by atoms with Gasteiger partial charge in [-0.1, -0.05) is 22.0 Å². The summed E-state index contributed by atoms with van der Waals surface area (Å²) in [7, 11) is 0. The summed E-state index contributed by atoms with van der Waals surface area (Å²) >= 11 is 4.87. The molecule has 0 radical (unpaired) electrons. The first-order chi connectivity index (χ1) is 10.1. The predicted octanol–water partition coefficient (Wildman–Crippen LogP) is 3.54. The number of nitrogen functional groups attached to an aromatic ring is 1. The smallest absolute Gasteiger partial charge is 0.263 e. The number of rotatable bonds is 4. The number of hydrogen-bond acceptors (Lipinski definition) is 4. The average molecular weight is 369 g/mol. The van der Waals surface area contributed by atoms with Crippen LogP contribution in [0.25, 0.3) is 10.1 Å². The van der Waals surface area contributed by atoms with Crippen molar-refractivity contribution in [3.63, 3.8) is 0 Å². The Kier molecular flexibility index (Phi) is 4.19. The van der Waals surface area contributed by atoms with Crippen molar-refractivity contribution in [3.05, 3.63) is 27.5 Å². The fraction of sp³-hybridized carbons (Fsp3) is 0.400. The molecule has 3 rings (SSSR count). The van der Waals surface area contributed by atoms with Gasteiger partial charge in [0, 0.05) is 27.2 Å². The van der Waals surface area contributed by atoms with Gasteiger partial charge in [-0.15, -0.1) is 11.3 Å². The van der Waals surface area contributed by atoms with Crippen LogP contribution in [-0.4, -0.2) is 24.7 Å². The maximum atomic E-state index is 12.4. The highest BCUT2D eigenvalue weighted by molar-refractivity contribution is 9.10. The molecular formula is C15H17BrN2O2S. The van der Waals surface area contributed by atoms with Crippen molar-refractivity contribution >= 4 is 48.9 Å². The predicted molar refractivity (Wildman–Crippen MR) is 89.8 cm³/mol. The number of thiophene rings is 1. The van der Waals surface area contributed by atoms with Crippen LogP contribution in [0.4, 0.5) is 5.69 Å². The lowest BCUT2D eigenvalue weighted by atomic mass is 9.89. The molecular weight excluding hydrogens is 352 g/mol. The second-order valence-electron chi connectivity index (χ2n) is 5.20. The molecule has 1 fully saturated rings. The van der Waals surface area contributed by atoms with E-state index in [1.54, 1.807) is 0 Å². The molecule has 0 aliphatic heterocycles. The first kappa shape index (κ1) is 14.8. The maximum absolute atomic E-state index is 12.4. The van der Waals surface area contributed by atoms with E-state index >= 15 is 0 Å². The van der Waals surface area contributed by atoms with E-state index in [2.05, 4.69) is 21.2 Å². The molecule has 0 spiro atoms.